The number of hydrogen-bond donors (Lipinski definition) is 9. The molecule has 0 spiro atoms. The molecule has 10 N–H and O–H groups in total. The molecule has 5 heterocycles. The molecule has 2 aliphatic rings. The van der Waals surface area contributed by atoms with Crippen molar-refractivity contribution < 1.29 is 84.8 Å². The fraction of sp³-hybridized carbons (Fsp3) is 0.550. The number of imidazole rings is 1. The maximum atomic E-state index is 13.3. The van der Waals surface area contributed by atoms with E-state index in [-0.39, 0.29) is 17.0 Å². The second kappa shape index (κ2) is 15.5. The van der Waals surface area contributed by atoms with Crippen molar-refractivity contribution in [1.82, 2.24) is 29.1 Å². The van der Waals surface area contributed by atoms with Crippen LogP contribution in [0.4, 0.5) is 5.82 Å². The van der Waals surface area contributed by atoms with Gasteiger partial charge < -0.3 is 54.6 Å². The van der Waals surface area contributed by atoms with Gasteiger partial charge in [-0.2, -0.15) is 0 Å². The third-order valence-corrected chi connectivity index (χ3v) is 13.1. The molecular formula is C20H29N7O20P4S. The summed E-state index contributed by atoms with van der Waals surface area (Å²) in [5.41, 5.74) is 4.26. The number of anilines is 1. The number of methoxy groups -OCH3 is 1. The molecule has 11 atom stereocenters. The van der Waals surface area contributed by atoms with E-state index in [9.17, 15) is 48.2 Å². The average molecular weight is 843 g/mol. The highest BCUT2D eigenvalue weighted by Crippen LogP contribution is 2.66. The lowest BCUT2D eigenvalue weighted by Gasteiger charge is -2.26. The van der Waals surface area contributed by atoms with Crippen LogP contribution >= 0.6 is 30.2 Å². The first-order valence-electron chi connectivity index (χ1n) is 14.0. The van der Waals surface area contributed by atoms with Gasteiger partial charge in [-0.1, -0.05) is 0 Å². The number of phosphoric ester groups is 2. The molecule has 3 unspecified atom stereocenters. The third-order valence-electron chi connectivity index (χ3n) is 7.16. The number of H-pyrrole nitrogens is 1. The zero-order valence-electron chi connectivity index (χ0n) is 25.8. The van der Waals surface area contributed by atoms with Crippen LogP contribution in [0.5, 0.6) is 0 Å². The molecule has 27 nitrogen and oxygen atoms in total. The summed E-state index contributed by atoms with van der Waals surface area (Å²) < 4.78 is 79.0. The lowest BCUT2D eigenvalue weighted by molar-refractivity contribution is -0.0610. The molecular weight excluding hydrogens is 814 g/mol. The third kappa shape index (κ3) is 9.52. The molecule has 32 heteroatoms. The minimum Gasteiger partial charge on any atom is -0.387 e. The van der Waals surface area contributed by atoms with E-state index in [0.29, 0.717) is 0 Å². The van der Waals surface area contributed by atoms with Gasteiger partial charge in [0.15, 0.2) is 23.9 Å². The normalized spacial score (nSPS) is 30.2. The Morgan fingerprint density at radius 2 is 1.56 bits per heavy atom. The number of aromatic amines is 1. The number of nitrogens with two attached hydrogens (primary N) is 1. The highest BCUT2D eigenvalue weighted by Gasteiger charge is 2.52. The van der Waals surface area contributed by atoms with E-state index in [2.05, 4.69) is 35.4 Å². The van der Waals surface area contributed by atoms with Crippen molar-refractivity contribution in [3.05, 3.63) is 45.8 Å². The maximum absolute atomic E-state index is 13.3. The fourth-order valence-electron chi connectivity index (χ4n) is 5.05. The number of aromatic nitrogens is 6. The van der Waals surface area contributed by atoms with Crippen LogP contribution in [0, 0.1) is 0 Å². The molecule has 0 aliphatic carbocycles. The van der Waals surface area contributed by atoms with E-state index in [4.69, 9.17) is 43.3 Å². The summed E-state index contributed by atoms with van der Waals surface area (Å²) in [5, 5.41) is 21.0. The summed E-state index contributed by atoms with van der Waals surface area (Å²) in [6, 6.07) is 0.942. The molecule has 2 saturated heterocycles. The Bertz CT molecular complexity index is 2100. The van der Waals surface area contributed by atoms with E-state index < -0.39 is 104 Å². The van der Waals surface area contributed by atoms with Crippen LogP contribution in [-0.2, 0) is 61.9 Å². The molecule has 5 rings (SSSR count). The van der Waals surface area contributed by atoms with Gasteiger partial charge in [0.25, 0.3) is 5.56 Å². The molecule has 2 fully saturated rings. The van der Waals surface area contributed by atoms with Crippen molar-refractivity contribution in [1.29, 1.82) is 0 Å². The predicted molar refractivity (Wildman–Crippen MR) is 169 cm³/mol. The molecule has 52 heavy (non-hydrogen) atoms. The Kier molecular flexibility index (Phi) is 12.2. The second-order valence-corrected chi connectivity index (χ2v) is 17.8. The van der Waals surface area contributed by atoms with Crippen LogP contribution in [0.1, 0.15) is 12.5 Å². The minimum absolute atomic E-state index is 0.0404. The SMILES string of the molecule is CO[C@@H]1[C@H](OP(=O)(O)OC[C@H]2O[C@@H](n3ccc(=O)[nH]c3=O)[C@H](O)[C@@H]2O)[C@@H](COP(=O)(O)OP(O)(=S)OP(=O)(O)O)O[C@H]1n1cnc2c(N)ncnc21. The summed E-state index contributed by atoms with van der Waals surface area (Å²) in [6.07, 6.45) is -9.71. The summed E-state index contributed by atoms with van der Waals surface area (Å²) >= 11 is 4.33. The van der Waals surface area contributed by atoms with Gasteiger partial charge in [0.05, 0.1) is 19.5 Å². The Morgan fingerprint density at radius 1 is 0.904 bits per heavy atom. The van der Waals surface area contributed by atoms with E-state index >= 15 is 0 Å². The average Bonchev–Trinajstić information content (AvgIpc) is 3.67. The fourth-order valence-corrected chi connectivity index (χ4v) is 10.6. The number of nitrogens with one attached hydrogen (secondary N) is 1. The van der Waals surface area contributed by atoms with Crippen molar-refractivity contribution in [3.8, 4) is 0 Å². The molecule has 0 saturated carbocycles. The van der Waals surface area contributed by atoms with E-state index in [1.807, 2.05) is 4.98 Å². The van der Waals surface area contributed by atoms with Crippen molar-refractivity contribution in [2.45, 2.75) is 49.1 Å². The smallest absolute Gasteiger partial charge is 0.387 e. The zero-order valence-corrected chi connectivity index (χ0v) is 30.2. The Labute approximate surface area is 293 Å². The number of fused-ring (bicyclic) bond motifs is 1. The standard InChI is InChI=1S/C20H29N7O20P4S/c1-40-15-14(45-49(35,36)41-4-8-12(29)13(30)18(43-8)26-3-2-10(28)25-20(26)31)9(5-42-50(37,38)47-51(39,52)46-48(32,33)34)44-19(15)27-7-24-11-16(21)22-6-23-17(11)27/h2-3,6-9,12-15,18-19,29-30H,4-5H2,1H3,(H,35,36)(H,37,38)(H,39,52)(H2,21,22,23)(H,25,28,31)(H2,32,33,34)/t8-,9-,12-,13-,14-,15-,18-,19-,51?/m1/s1. The van der Waals surface area contributed by atoms with Crippen LogP contribution in [0.2, 0.25) is 0 Å². The second-order valence-electron chi connectivity index (χ2n) is 10.6. The van der Waals surface area contributed by atoms with E-state index in [0.717, 1.165) is 30.3 Å². The summed E-state index contributed by atoms with van der Waals surface area (Å²) in [5.74, 6) is -0.0404. The number of aliphatic hydroxyl groups excluding tert-OH is 2. The first kappa shape index (κ1) is 40.9. The van der Waals surface area contributed by atoms with Crippen LogP contribution in [0.25, 0.3) is 11.2 Å². The minimum atomic E-state index is -5.54. The zero-order chi connectivity index (χ0) is 38.4. The van der Waals surface area contributed by atoms with Gasteiger partial charge in [0.1, 0.15) is 48.5 Å². The van der Waals surface area contributed by atoms with E-state index in [1.165, 1.54) is 10.9 Å². The van der Waals surface area contributed by atoms with Crippen molar-refractivity contribution in [3.63, 3.8) is 0 Å². The quantitative estimate of drug-likeness (QED) is 0.0711. The maximum Gasteiger partial charge on any atom is 0.479 e. The number of rotatable bonds is 15. The molecule has 0 radical (unpaired) electrons. The summed E-state index contributed by atoms with van der Waals surface area (Å²) in [6.45, 7) is -7.14. The number of phosphoric acid groups is 3. The van der Waals surface area contributed by atoms with Gasteiger partial charge >= 0.3 is 35.9 Å². The molecule has 0 bridgehead atoms. The van der Waals surface area contributed by atoms with Crippen LogP contribution in [-0.4, -0.2) is 121 Å². The number of hydrogen-bond acceptors (Lipinski definition) is 20. The lowest BCUT2D eigenvalue weighted by atomic mass is 10.1. The largest absolute Gasteiger partial charge is 0.479 e. The van der Waals surface area contributed by atoms with Crippen molar-refractivity contribution in [2.24, 2.45) is 0 Å². The monoisotopic (exact) mass is 843 g/mol. The first-order valence-corrected chi connectivity index (χ1v) is 21.1. The van der Waals surface area contributed by atoms with E-state index in [1.54, 1.807) is 0 Å². The van der Waals surface area contributed by atoms with Crippen LogP contribution in [0.15, 0.2) is 34.5 Å². The van der Waals surface area contributed by atoms with Gasteiger partial charge in [-0.3, -0.25) is 32.5 Å². The Balaban J connectivity index is 1.36. The number of aliphatic hydroxyl groups is 2. The number of ether oxygens (including phenoxy) is 3. The first-order chi connectivity index (χ1) is 24.1. The molecule has 2 aliphatic heterocycles. The topological polar surface area (TPSA) is 391 Å². The number of nitrogens with zero attached hydrogens (tertiary/aromatic N) is 5. The lowest BCUT2D eigenvalue weighted by Crippen LogP contribution is -2.38. The highest BCUT2D eigenvalue weighted by atomic mass is 32.5. The predicted octanol–water partition coefficient (Wildman–Crippen LogP) is -2.55. The summed E-state index contributed by atoms with van der Waals surface area (Å²) in [4.78, 5) is 86.0. The van der Waals surface area contributed by atoms with Crippen molar-refractivity contribution >= 4 is 59.0 Å². The molecule has 290 valence electrons. The van der Waals surface area contributed by atoms with Gasteiger partial charge in [0.2, 0.25) is 0 Å². The highest BCUT2D eigenvalue weighted by molar-refractivity contribution is 8.09. The van der Waals surface area contributed by atoms with Crippen molar-refractivity contribution in [2.75, 3.05) is 26.1 Å². The van der Waals surface area contributed by atoms with Gasteiger partial charge in [-0.25, -0.2) is 42.1 Å². The summed E-state index contributed by atoms with van der Waals surface area (Å²) in [7, 11) is -15.2. The van der Waals surface area contributed by atoms with Crippen LogP contribution in [0.3, 0.4) is 0 Å². The molecule has 0 amide bonds. The molecule has 3 aromatic rings. The van der Waals surface area contributed by atoms with Gasteiger partial charge in [-0.15, -0.1) is 0 Å². The molecule has 3 aromatic heterocycles. The van der Waals surface area contributed by atoms with Gasteiger partial charge in [0, 0.05) is 19.4 Å². The van der Waals surface area contributed by atoms with Crippen LogP contribution < -0.4 is 17.0 Å². The Hall–Kier alpha value is -2.23. The Morgan fingerprint density at radius 3 is 2.21 bits per heavy atom. The van der Waals surface area contributed by atoms with Gasteiger partial charge in [-0.05, 0) is 11.8 Å². The number of nitrogen functional groups attached to an aromatic ring is 1. The molecule has 0 aromatic carbocycles.